The van der Waals surface area contributed by atoms with Crippen LogP contribution in [0.25, 0.3) is 22.3 Å². The zero-order valence-electron chi connectivity index (χ0n) is 36.1. The van der Waals surface area contributed by atoms with E-state index in [1.807, 2.05) is 0 Å². The minimum atomic E-state index is -0.372. The molecule has 3 heteroatoms. The number of benzene rings is 8. The molecule has 2 nitrogen and oxygen atoms in total. The fourth-order valence-electron chi connectivity index (χ4n) is 11.4. The summed E-state index contributed by atoms with van der Waals surface area (Å²) in [5.41, 5.74) is 25.8. The minimum absolute atomic E-state index is 0.00321. The zero-order chi connectivity index (χ0) is 41.6. The third-order valence-corrected chi connectivity index (χ3v) is 14.2. The smallest absolute Gasteiger partial charge is 0.252 e. The summed E-state index contributed by atoms with van der Waals surface area (Å²) in [6, 6.07) is 65.3. The second kappa shape index (κ2) is 12.5. The molecular formula is C58H49BN2. The van der Waals surface area contributed by atoms with Gasteiger partial charge in [-0.1, -0.05) is 163 Å². The maximum Gasteiger partial charge on any atom is 0.252 e. The van der Waals surface area contributed by atoms with Gasteiger partial charge in [0, 0.05) is 34.1 Å². The molecule has 0 radical (unpaired) electrons. The molecule has 0 saturated carbocycles. The first kappa shape index (κ1) is 36.3. The lowest BCUT2D eigenvalue weighted by Gasteiger charge is -2.45. The van der Waals surface area contributed by atoms with Crippen LogP contribution in [-0.2, 0) is 16.2 Å². The fourth-order valence-corrected chi connectivity index (χ4v) is 11.4. The van der Waals surface area contributed by atoms with Gasteiger partial charge in [0.15, 0.2) is 0 Å². The van der Waals surface area contributed by atoms with E-state index in [4.69, 9.17) is 0 Å². The van der Waals surface area contributed by atoms with E-state index in [9.17, 15) is 0 Å². The number of rotatable bonds is 2. The number of nitrogens with zero attached hydrogens (tertiary/aromatic N) is 2. The Morgan fingerprint density at radius 1 is 0.393 bits per heavy atom. The van der Waals surface area contributed by atoms with Crippen molar-refractivity contribution in [3.63, 3.8) is 0 Å². The van der Waals surface area contributed by atoms with Crippen LogP contribution < -0.4 is 26.2 Å². The molecular weight excluding hydrogens is 735 g/mol. The van der Waals surface area contributed by atoms with E-state index in [1.54, 1.807) is 0 Å². The van der Waals surface area contributed by atoms with Gasteiger partial charge in [0.2, 0.25) is 0 Å². The van der Waals surface area contributed by atoms with E-state index in [0.717, 1.165) is 0 Å². The van der Waals surface area contributed by atoms with E-state index in [-0.39, 0.29) is 23.0 Å². The second-order valence-electron chi connectivity index (χ2n) is 19.8. The van der Waals surface area contributed by atoms with Gasteiger partial charge in [-0.15, -0.1) is 0 Å². The Hall–Kier alpha value is -6.58. The molecule has 8 aromatic carbocycles. The van der Waals surface area contributed by atoms with Crippen LogP contribution in [0.4, 0.5) is 34.1 Å². The van der Waals surface area contributed by atoms with Crippen LogP contribution in [-0.4, -0.2) is 6.71 Å². The molecule has 0 N–H and O–H groups in total. The molecule has 0 bridgehead atoms. The SMILES string of the molecule is Cc1cc2c3c(c1)N(c1ccc(C(C)(C)C)cc1)c1ccc(C(C)(C)C)cc1B3c1ccccc1N2c1ccc2c(c1)-c1ccccc1C21c2ccccc2-c2ccccc21. The molecule has 61 heavy (non-hydrogen) atoms. The summed E-state index contributed by atoms with van der Waals surface area (Å²) in [5.74, 6) is 0. The average Bonchev–Trinajstić information content (AvgIpc) is 3.72. The van der Waals surface area contributed by atoms with Crippen LogP contribution in [0, 0.1) is 6.92 Å². The van der Waals surface area contributed by atoms with Gasteiger partial charge in [0.05, 0.1) is 5.41 Å². The predicted octanol–water partition coefficient (Wildman–Crippen LogP) is 13.0. The van der Waals surface area contributed by atoms with E-state index < -0.39 is 0 Å². The van der Waals surface area contributed by atoms with E-state index in [1.165, 1.54) is 112 Å². The summed E-state index contributed by atoms with van der Waals surface area (Å²) in [7, 11) is 0. The van der Waals surface area contributed by atoms with E-state index in [0.29, 0.717) is 0 Å². The van der Waals surface area contributed by atoms with Gasteiger partial charge in [0.1, 0.15) is 0 Å². The lowest BCUT2D eigenvalue weighted by Crippen LogP contribution is -2.61. The Morgan fingerprint density at radius 3 is 1.48 bits per heavy atom. The third-order valence-electron chi connectivity index (χ3n) is 14.2. The molecule has 0 saturated heterocycles. The molecule has 2 aliphatic heterocycles. The van der Waals surface area contributed by atoms with Crippen molar-refractivity contribution in [2.24, 2.45) is 0 Å². The summed E-state index contributed by atoms with van der Waals surface area (Å²) < 4.78 is 0. The molecule has 0 fully saturated rings. The Morgan fingerprint density at radius 2 is 0.869 bits per heavy atom. The van der Waals surface area contributed by atoms with Gasteiger partial charge in [-0.3, -0.25) is 0 Å². The van der Waals surface area contributed by atoms with Crippen LogP contribution in [0.15, 0.2) is 170 Å². The normalized spacial score (nSPS) is 14.8. The monoisotopic (exact) mass is 784 g/mol. The van der Waals surface area contributed by atoms with Crippen molar-refractivity contribution in [2.75, 3.05) is 9.80 Å². The number of fused-ring (bicyclic) bond motifs is 14. The molecule has 8 aromatic rings. The van der Waals surface area contributed by atoms with Gasteiger partial charge in [-0.2, -0.15) is 0 Å². The number of hydrogen-bond acceptors (Lipinski definition) is 2. The van der Waals surface area contributed by atoms with Crippen LogP contribution in [0.5, 0.6) is 0 Å². The van der Waals surface area contributed by atoms with E-state index in [2.05, 4.69) is 228 Å². The van der Waals surface area contributed by atoms with Crippen molar-refractivity contribution in [3.05, 3.63) is 209 Å². The summed E-state index contributed by atoms with van der Waals surface area (Å²) in [4.78, 5) is 5.11. The molecule has 1 spiro atoms. The van der Waals surface area contributed by atoms with Crippen molar-refractivity contribution in [2.45, 2.75) is 64.7 Å². The summed E-state index contributed by atoms with van der Waals surface area (Å²) in [6.45, 7) is 16.2. The number of para-hydroxylation sites is 1. The van der Waals surface area contributed by atoms with Gasteiger partial charge in [0.25, 0.3) is 6.71 Å². The highest BCUT2D eigenvalue weighted by atomic mass is 15.2. The highest BCUT2D eigenvalue weighted by Crippen LogP contribution is 2.63. The second-order valence-corrected chi connectivity index (χ2v) is 19.8. The van der Waals surface area contributed by atoms with Crippen molar-refractivity contribution in [1.29, 1.82) is 0 Å². The maximum absolute atomic E-state index is 2.57. The van der Waals surface area contributed by atoms with Crippen LogP contribution in [0.1, 0.15) is 80.5 Å². The highest BCUT2D eigenvalue weighted by Gasteiger charge is 2.52. The van der Waals surface area contributed by atoms with Crippen LogP contribution in [0.3, 0.4) is 0 Å². The summed E-state index contributed by atoms with van der Waals surface area (Å²) >= 11 is 0. The molecule has 0 unspecified atom stereocenters. The summed E-state index contributed by atoms with van der Waals surface area (Å²) in [6.07, 6.45) is 0. The summed E-state index contributed by atoms with van der Waals surface area (Å²) in [5, 5.41) is 0. The first-order chi connectivity index (χ1) is 29.4. The Balaban J connectivity index is 1.11. The third kappa shape index (κ3) is 4.92. The molecule has 12 rings (SSSR count). The van der Waals surface area contributed by atoms with Crippen LogP contribution in [0.2, 0.25) is 0 Å². The maximum atomic E-state index is 2.57. The fraction of sp³-hybridized carbons (Fsp3) is 0.172. The molecule has 4 aliphatic rings. The molecule has 0 atom stereocenters. The predicted molar refractivity (Wildman–Crippen MR) is 259 cm³/mol. The van der Waals surface area contributed by atoms with Crippen molar-refractivity contribution in [3.8, 4) is 22.3 Å². The first-order valence-electron chi connectivity index (χ1n) is 22.0. The van der Waals surface area contributed by atoms with Gasteiger partial charge >= 0.3 is 0 Å². The number of aryl methyl sites for hydroxylation is 1. The quantitative estimate of drug-likeness (QED) is 0.161. The molecule has 0 amide bonds. The molecule has 0 aromatic heterocycles. The topological polar surface area (TPSA) is 6.48 Å². The molecule has 2 heterocycles. The minimum Gasteiger partial charge on any atom is -0.311 e. The molecule has 2 aliphatic carbocycles. The Kier molecular flexibility index (Phi) is 7.43. The lowest BCUT2D eigenvalue weighted by atomic mass is 9.33. The molecule has 294 valence electrons. The first-order valence-corrected chi connectivity index (χ1v) is 22.0. The Bertz CT molecular complexity index is 3100. The number of hydrogen-bond donors (Lipinski definition) is 0. The van der Waals surface area contributed by atoms with Crippen molar-refractivity contribution >= 4 is 57.2 Å². The average molecular weight is 785 g/mol. The lowest BCUT2D eigenvalue weighted by molar-refractivity contribution is 0.590. The van der Waals surface area contributed by atoms with Crippen molar-refractivity contribution < 1.29 is 0 Å². The largest absolute Gasteiger partial charge is 0.311 e. The zero-order valence-corrected chi connectivity index (χ0v) is 36.1. The standard InChI is InChI=1S/C58H49BN2/c1-36-32-53-55-54(33-36)61(40-29-30-48-44(35-40)43-18-10-13-21-47(43)58(48)45-19-11-8-16-41(45)42-17-9-12-20-46(42)58)51-23-15-14-22-49(51)59(55)50-34-38(57(5,6)7)26-31-52(50)60(53)39-27-24-37(25-28-39)56(2,3)4/h8-35H,1-7H3. The van der Waals surface area contributed by atoms with Crippen molar-refractivity contribution in [1.82, 2.24) is 0 Å². The highest BCUT2D eigenvalue weighted by molar-refractivity contribution is 7.00. The van der Waals surface area contributed by atoms with Crippen LogP contribution >= 0.6 is 0 Å². The van der Waals surface area contributed by atoms with Gasteiger partial charge < -0.3 is 9.80 Å². The number of anilines is 6. The van der Waals surface area contributed by atoms with Gasteiger partial charge in [-0.25, -0.2) is 0 Å². The Labute approximate surface area is 361 Å². The van der Waals surface area contributed by atoms with Gasteiger partial charge in [-0.05, 0) is 144 Å². The van der Waals surface area contributed by atoms with E-state index >= 15 is 0 Å².